The zero-order valence-electron chi connectivity index (χ0n) is 22.1. The topological polar surface area (TPSA) is 88.1 Å². The Morgan fingerprint density at radius 1 is 1.00 bits per heavy atom. The fourth-order valence-corrected chi connectivity index (χ4v) is 4.37. The summed E-state index contributed by atoms with van der Waals surface area (Å²) in [7, 11) is 0. The van der Waals surface area contributed by atoms with Crippen LogP contribution in [0.15, 0.2) is 54.9 Å². The molecule has 1 aromatic carbocycles. The van der Waals surface area contributed by atoms with Crippen molar-refractivity contribution in [1.29, 1.82) is 0 Å². The summed E-state index contributed by atoms with van der Waals surface area (Å²) in [5.41, 5.74) is -1.58. The van der Waals surface area contributed by atoms with Gasteiger partial charge in [-0.2, -0.15) is 13.2 Å². The number of halogens is 3. The summed E-state index contributed by atoms with van der Waals surface area (Å²) < 4.78 is 49.9. The summed E-state index contributed by atoms with van der Waals surface area (Å²) in [5, 5.41) is 0. The van der Waals surface area contributed by atoms with E-state index in [2.05, 4.69) is 9.97 Å². The van der Waals surface area contributed by atoms with Crippen LogP contribution in [0.2, 0.25) is 0 Å². The third-order valence-electron chi connectivity index (χ3n) is 6.28. The van der Waals surface area contributed by atoms with Crippen LogP contribution in [0.1, 0.15) is 32.8 Å². The number of carbonyl (C=O) groups is 2. The highest BCUT2D eigenvalue weighted by Gasteiger charge is 2.38. The normalized spacial score (nSPS) is 20.4. The van der Waals surface area contributed by atoms with E-state index in [1.807, 2.05) is 30.3 Å². The lowest BCUT2D eigenvalue weighted by atomic mass is 10.1. The van der Waals surface area contributed by atoms with Crippen molar-refractivity contribution in [2.45, 2.75) is 51.1 Å². The van der Waals surface area contributed by atoms with Crippen molar-refractivity contribution >= 4 is 17.9 Å². The minimum Gasteiger partial charge on any atom is -0.488 e. The van der Waals surface area contributed by atoms with Gasteiger partial charge in [-0.25, -0.2) is 14.8 Å². The summed E-state index contributed by atoms with van der Waals surface area (Å²) in [6, 6.07) is 8.94. The molecule has 39 heavy (non-hydrogen) atoms. The molecule has 0 spiro atoms. The predicted octanol–water partition coefficient (Wildman–Crippen LogP) is 4.16. The summed E-state index contributed by atoms with van der Waals surface area (Å²) in [5.74, 6) is 0.663. The predicted molar refractivity (Wildman–Crippen MR) is 137 cm³/mol. The molecule has 4 rings (SSSR count). The Hall–Kier alpha value is -3.83. The van der Waals surface area contributed by atoms with Crippen LogP contribution in [-0.4, -0.2) is 82.2 Å². The van der Waals surface area contributed by atoms with Gasteiger partial charge >= 0.3 is 12.3 Å². The Balaban J connectivity index is 1.36. The monoisotopic (exact) mass is 547 g/mol. The Morgan fingerprint density at radius 3 is 2.23 bits per heavy atom. The molecule has 2 fully saturated rings. The van der Waals surface area contributed by atoms with Gasteiger partial charge in [0.15, 0.2) is 0 Å². The van der Waals surface area contributed by atoms with Crippen LogP contribution in [0.4, 0.5) is 23.9 Å². The smallest absolute Gasteiger partial charge is 0.419 e. The fraction of sp³-hybridized carbons (Fsp3) is 0.481. The van der Waals surface area contributed by atoms with Crippen molar-refractivity contribution in [3.8, 4) is 5.75 Å². The molecular formula is C27H32F3N5O4. The number of benzene rings is 1. The Morgan fingerprint density at radius 2 is 1.64 bits per heavy atom. The maximum absolute atomic E-state index is 12.9. The molecule has 0 radical (unpaired) electrons. The molecule has 1 aromatic heterocycles. The third kappa shape index (κ3) is 7.61. The first-order valence-corrected chi connectivity index (χ1v) is 12.7. The molecular weight excluding hydrogens is 515 g/mol. The standard InChI is InChI=1S/C27H32F3N5O4/c1-26(2,3)39-25(37)35-18-22(38-21-7-5-4-6-8-21)15-20(35)9-10-23(36)33-11-13-34(14-12-33)24-31-16-19(17-32-24)27(28,29)30/h4-10,16-17,20,22H,11-15,18H2,1-3H3/b10-9+/t20-,22+/m1/s1. The maximum Gasteiger partial charge on any atom is 0.419 e. The van der Waals surface area contributed by atoms with Gasteiger partial charge in [-0.05, 0) is 32.9 Å². The third-order valence-corrected chi connectivity index (χ3v) is 6.28. The minimum atomic E-state index is -4.50. The van der Waals surface area contributed by atoms with Crippen LogP contribution in [0, 0.1) is 0 Å². The number of hydrogen-bond acceptors (Lipinski definition) is 7. The molecule has 2 atom stereocenters. The number of alkyl halides is 3. The number of hydrogen-bond donors (Lipinski definition) is 0. The zero-order chi connectivity index (χ0) is 28.2. The number of nitrogens with zero attached hydrogens (tertiary/aromatic N) is 5. The van der Waals surface area contributed by atoms with E-state index in [0.29, 0.717) is 44.9 Å². The average molecular weight is 548 g/mol. The Kier molecular flexibility index (Phi) is 8.31. The van der Waals surface area contributed by atoms with Crippen molar-refractivity contribution in [3.63, 3.8) is 0 Å². The SMILES string of the molecule is CC(C)(C)OC(=O)N1C[C@@H](Oc2ccccc2)C[C@H]1/C=C/C(=O)N1CCN(c2ncc(C(F)(F)F)cn2)CC1. The number of aromatic nitrogens is 2. The number of piperazine rings is 1. The fourth-order valence-electron chi connectivity index (χ4n) is 4.37. The van der Waals surface area contributed by atoms with E-state index in [0.717, 1.165) is 12.4 Å². The van der Waals surface area contributed by atoms with E-state index in [1.165, 1.54) is 6.08 Å². The molecule has 2 saturated heterocycles. The van der Waals surface area contributed by atoms with Crippen LogP contribution in [-0.2, 0) is 15.7 Å². The number of rotatable bonds is 5. The lowest BCUT2D eigenvalue weighted by Crippen LogP contribution is -2.49. The van der Waals surface area contributed by atoms with Crippen molar-refractivity contribution in [1.82, 2.24) is 19.8 Å². The van der Waals surface area contributed by atoms with E-state index < -0.39 is 23.4 Å². The molecule has 0 bridgehead atoms. The van der Waals surface area contributed by atoms with Gasteiger partial charge in [-0.15, -0.1) is 0 Å². The van der Waals surface area contributed by atoms with E-state index in [-0.39, 0.29) is 24.0 Å². The van der Waals surface area contributed by atoms with E-state index in [4.69, 9.17) is 9.47 Å². The second-order valence-corrected chi connectivity index (χ2v) is 10.4. The highest BCUT2D eigenvalue weighted by molar-refractivity contribution is 5.88. The lowest BCUT2D eigenvalue weighted by Gasteiger charge is -2.34. The van der Waals surface area contributed by atoms with Gasteiger partial charge in [-0.3, -0.25) is 9.69 Å². The van der Waals surface area contributed by atoms with Gasteiger partial charge in [0.1, 0.15) is 17.5 Å². The second kappa shape index (κ2) is 11.5. The van der Waals surface area contributed by atoms with Crippen molar-refractivity contribution in [2.75, 3.05) is 37.6 Å². The largest absolute Gasteiger partial charge is 0.488 e. The number of ether oxygens (including phenoxy) is 2. The molecule has 0 aliphatic carbocycles. The molecule has 2 aliphatic rings. The quantitative estimate of drug-likeness (QED) is 0.520. The van der Waals surface area contributed by atoms with Gasteiger partial charge in [0.25, 0.3) is 0 Å². The number of anilines is 1. The molecule has 9 nitrogen and oxygen atoms in total. The van der Waals surface area contributed by atoms with E-state index in [1.54, 1.807) is 41.5 Å². The number of likely N-dealkylation sites (tertiary alicyclic amines) is 1. The first-order valence-electron chi connectivity index (χ1n) is 12.7. The number of carbonyl (C=O) groups excluding carboxylic acids is 2. The van der Waals surface area contributed by atoms with Crippen LogP contribution < -0.4 is 9.64 Å². The molecule has 0 N–H and O–H groups in total. The maximum atomic E-state index is 12.9. The molecule has 2 amide bonds. The first kappa shape index (κ1) is 28.2. The molecule has 0 saturated carbocycles. The van der Waals surface area contributed by atoms with Gasteiger partial charge in [-0.1, -0.05) is 24.3 Å². The summed E-state index contributed by atoms with van der Waals surface area (Å²) in [6.07, 6.45) is -0.0710. The van der Waals surface area contributed by atoms with Gasteiger partial charge < -0.3 is 19.3 Å². The Labute approximate surface area is 225 Å². The molecule has 3 heterocycles. The molecule has 12 heteroatoms. The van der Waals surface area contributed by atoms with Crippen LogP contribution in [0.5, 0.6) is 5.75 Å². The first-order chi connectivity index (χ1) is 18.4. The van der Waals surface area contributed by atoms with Gasteiger partial charge in [0.2, 0.25) is 11.9 Å². The zero-order valence-corrected chi connectivity index (χ0v) is 22.1. The summed E-state index contributed by atoms with van der Waals surface area (Å²) >= 11 is 0. The second-order valence-electron chi connectivity index (χ2n) is 10.4. The summed E-state index contributed by atoms with van der Waals surface area (Å²) in [6.45, 7) is 7.17. The van der Waals surface area contributed by atoms with Gasteiger partial charge in [0.05, 0.1) is 18.2 Å². The average Bonchev–Trinajstić information content (AvgIpc) is 3.29. The molecule has 2 aromatic rings. The van der Waals surface area contributed by atoms with Crippen molar-refractivity contribution in [2.24, 2.45) is 0 Å². The van der Waals surface area contributed by atoms with Crippen LogP contribution in [0.3, 0.4) is 0 Å². The highest BCUT2D eigenvalue weighted by Crippen LogP contribution is 2.29. The lowest BCUT2D eigenvalue weighted by molar-refractivity contribution is -0.138. The number of para-hydroxylation sites is 1. The van der Waals surface area contributed by atoms with E-state index in [9.17, 15) is 22.8 Å². The molecule has 210 valence electrons. The van der Waals surface area contributed by atoms with Crippen LogP contribution >= 0.6 is 0 Å². The van der Waals surface area contributed by atoms with Crippen molar-refractivity contribution < 1.29 is 32.2 Å². The van der Waals surface area contributed by atoms with Crippen molar-refractivity contribution in [3.05, 3.63) is 60.4 Å². The highest BCUT2D eigenvalue weighted by atomic mass is 19.4. The molecule has 2 aliphatic heterocycles. The number of amides is 2. The van der Waals surface area contributed by atoms with Gasteiger partial charge in [0, 0.05) is 51.1 Å². The molecule has 0 unspecified atom stereocenters. The van der Waals surface area contributed by atoms with Crippen LogP contribution in [0.25, 0.3) is 0 Å². The Bertz CT molecular complexity index is 1160. The van der Waals surface area contributed by atoms with E-state index >= 15 is 0 Å². The summed E-state index contributed by atoms with van der Waals surface area (Å²) in [4.78, 5) is 38.4. The minimum absolute atomic E-state index is 0.189.